The van der Waals surface area contributed by atoms with Crippen molar-refractivity contribution in [2.24, 2.45) is 0 Å². The number of tetrazole rings is 1. The number of hydrogen-bond acceptors (Lipinski definition) is 5. The van der Waals surface area contributed by atoms with E-state index in [9.17, 15) is 4.79 Å². The Labute approximate surface area is 147 Å². The molecule has 0 atom stereocenters. The predicted octanol–water partition coefficient (Wildman–Crippen LogP) is 2.59. The summed E-state index contributed by atoms with van der Waals surface area (Å²) in [5.74, 6) is 0.957. The van der Waals surface area contributed by atoms with Gasteiger partial charge in [0.1, 0.15) is 12.4 Å². The van der Waals surface area contributed by atoms with E-state index in [0.29, 0.717) is 27.6 Å². The van der Waals surface area contributed by atoms with Crippen molar-refractivity contribution in [1.82, 2.24) is 30.2 Å². The molecule has 1 N–H and O–H groups in total. The molecule has 2 heterocycles. The lowest BCUT2D eigenvalue weighted by Gasteiger charge is -2.02. The predicted molar refractivity (Wildman–Crippen MR) is 94.5 cm³/mol. The number of aryl methyl sites for hydroxylation is 1. The highest BCUT2D eigenvalue weighted by atomic mass is 35.5. The fourth-order valence-corrected chi connectivity index (χ4v) is 2.66. The van der Waals surface area contributed by atoms with Crippen molar-refractivity contribution >= 4 is 22.5 Å². The molecule has 7 nitrogen and oxygen atoms in total. The van der Waals surface area contributed by atoms with Crippen molar-refractivity contribution in [1.29, 1.82) is 0 Å². The highest BCUT2D eigenvalue weighted by Crippen LogP contribution is 2.16. The van der Waals surface area contributed by atoms with Gasteiger partial charge in [-0.2, -0.15) is 4.80 Å². The molecular formula is C17H13ClN6O. The third kappa shape index (κ3) is 3.14. The molecule has 0 aliphatic heterocycles. The summed E-state index contributed by atoms with van der Waals surface area (Å²) in [4.78, 5) is 20.7. The molecule has 0 fully saturated rings. The maximum atomic E-state index is 12.2. The van der Waals surface area contributed by atoms with E-state index >= 15 is 0 Å². The van der Waals surface area contributed by atoms with E-state index in [4.69, 9.17) is 11.6 Å². The van der Waals surface area contributed by atoms with Crippen LogP contribution < -0.4 is 5.56 Å². The Bertz CT molecular complexity index is 1120. The second-order valence-corrected chi connectivity index (χ2v) is 6.12. The van der Waals surface area contributed by atoms with Crippen LogP contribution in [-0.4, -0.2) is 30.2 Å². The molecule has 4 rings (SSSR count). The van der Waals surface area contributed by atoms with Gasteiger partial charge in [-0.25, -0.2) is 4.98 Å². The van der Waals surface area contributed by atoms with Crippen molar-refractivity contribution in [3.05, 3.63) is 69.2 Å². The van der Waals surface area contributed by atoms with Gasteiger partial charge in [0, 0.05) is 10.6 Å². The largest absolute Gasteiger partial charge is 0.308 e. The van der Waals surface area contributed by atoms with Gasteiger partial charge >= 0.3 is 0 Å². The molecule has 8 heteroatoms. The molecule has 4 aromatic rings. The monoisotopic (exact) mass is 352 g/mol. The average molecular weight is 353 g/mol. The zero-order chi connectivity index (χ0) is 17.4. The number of fused-ring (bicyclic) bond motifs is 1. The van der Waals surface area contributed by atoms with E-state index in [1.807, 2.05) is 31.2 Å². The molecule has 0 unspecified atom stereocenters. The lowest BCUT2D eigenvalue weighted by Crippen LogP contribution is -2.15. The lowest BCUT2D eigenvalue weighted by molar-refractivity contribution is 0.555. The summed E-state index contributed by atoms with van der Waals surface area (Å²) in [5.41, 5.74) is 2.34. The highest BCUT2D eigenvalue weighted by Gasteiger charge is 2.09. The average Bonchev–Trinajstić information content (AvgIpc) is 3.03. The SMILES string of the molecule is Cc1ccc(-c2nnn(Cc3nc4cc(Cl)ccc4c(=O)[nH]3)n2)cc1. The summed E-state index contributed by atoms with van der Waals surface area (Å²) in [6.45, 7) is 2.22. The molecule has 0 saturated carbocycles. The Kier molecular flexibility index (Phi) is 3.77. The third-order valence-electron chi connectivity index (χ3n) is 3.77. The van der Waals surface area contributed by atoms with Gasteiger partial charge < -0.3 is 4.98 Å². The molecule has 0 bridgehead atoms. The summed E-state index contributed by atoms with van der Waals surface area (Å²) in [6.07, 6.45) is 0. The molecular weight excluding hydrogens is 340 g/mol. The quantitative estimate of drug-likeness (QED) is 0.612. The second-order valence-electron chi connectivity index (χ2n) is 5.68. The fourth-order valence-electron chi connectivity index (χ4n) is 2.50. The molecule has 0 aliphatic rings. The first-order valence-corrected chi connectivity index (χ1v) is 7.99. The van der Waals surface area contributed by atoms with E-state index in [0.717, 1.165) is 11.1 Å². The molecule has 0 radical (unpaired) electrons. The molecule has 25 heavy (non-hydrogen) atoms. The Morgan fingerprint density at radius 3 is 2.76 bits per heavy atom. The minimum atomic E-state index is -0.226. The van der Waals surface area contributed by atoms with Crippen LogP contribution in [0.4, 0.5) is 0 Å². The van der Waals surface area contributed by atoms with Crippen molar-refractivity contribution in [3.8, 4) is 11.4 Å². The van der Waals surface area contributed by atoms with Crippen LogP contribution in [0.25, 0.3) is 22.3 Å². The van der Waals surface area contributed by atoms with Crippen LogP contribution in [0.3, 0.4) is 0 Å². The Morgan fingerprint density at radius 1 is 1.16 bits per heavy atom. The zero-order valence-corrected chi connectivity index (χ0v) is 14.0. The second kappa shape index (κ2) is 6.10. The molecule has 2 aromatic heterocycles. The Morgan fingerprint density at radius 2 is 1.96 bits per heavy atom. The minimum Gasteiger partial charge on any atom is -0.308 e. The first kappa shape index (κ1) is 15.5. The van der Waals surface area contributed by atoms with Crippen LogP contribution in [0.2, 0.25) is 5.02 Å². The Balaban J connectivity index is 1.65. The molecule has 0 saturated heterocycles. The number of nitrogens with one attached hydrogen (secondary N) is 1. The van der Waals surface area contributed by atoms with Crippen LogP contribution >= 0.6 is 11.6 Å². The van der Waals surface area contributed by atoms with Gasteiger partial charge in [0.05, 0.1) is 10.9 Å². The first-order valence-electron chi connectivity index (χ1n) is 7.62. The molecule has 0 spiro atoms. The van der Waals surface area contributed by atoms with Gasteiger partial charge in [0.15, 0.2) is 0 Å². The van der Waals surface area contributed by atoms with Crippen molar-refractivity contribution in [3.63, 3.8) is 0 Å². The smallest absolute Gasteiger partial charge is 0.258 e. The highest BCUT2D eigenvalue weighted by molar-refractivity contribution is 6.31. The van der Waals surface area contributed by atoms with Gasteiger partial charge in [-0.3, -0.25) is 4.79 Å². The minimum absolute atomic E-state index is 0.205. The summed E-state index contributed by atoms with van der Waals surface area (Å²) in [5, 5.41) is 13.4. The number of H-pyrrole nitrogens is 1. The number of nitrogens with zero attached hydrogens (tertiary/aromatic N) is 5. The van der Waals surface area contributed by atoms with Crippen LogP contribution in [0.15, 0.2) is 47.3 Å². The number of aromatic nitrogens is 6. The van der Waals surface area contributed by atoms with Crippen LogP contribution in [0.5, 0.6) is 0 Å². The van der Waals surface area contributed by atoms with E-state index < -0.39 is 0 Å². The third-order valence-corrected chi connectivity index (χ3v) is 4.01. The van der Waals surface area contributed by atoms with Crippen molar-refractivity contribution in [2.45, 2.75) is 13.5 Å². The lowest BCUT2D eigenvalue weighted by atomic mass is 10.1. The van der Waals surface area contributed by atoms with E-state index in [-0.39, 0.29) is 12.1 Å². The number of halogens is 1. The normalized spacial score (nSPS) is 11.1. The van der Waals surface area contributed by atoms with Crippen LogP contribution in [0.1, 0.15) is 11.4 Å². The fraction of sp³-hybridized carbons (Fsp3) is 0.118. The number of benzene rings is 2. The van der Waals surface area contributed by atoms with Gasteiger partial charge in [-0.05, 0) is 30.3 Å². The van der Waals surface area contributed by atoms with Crippen LogP contribution in [0, 0.1) is 6.92 Å². The van der Waals surface area contributed by atoms with Gasteiger partial charge in [0.25, 0.3) is 5.56 Å². The van der Waals surface area contributed by atoms with E-state index in [2.05, 4.69) is 25.4 Å². The summed E-state index contributed by atoms with van der Waals surface area (Å²) in [6, 6.07) is 12.8. The van der Waals surface area contributed by atoms with Crippen LogP contribution in [-0.2, 0) is 6.54 Å². The van der Waals surface area contributed by atoms with Gasteiger partial charge in [-0.15, -0.1) is 10.2 Å². The summed E-state index contributed by atoms with van der Waals surface area (Å²) < 4.78 is 0. The number of rotatable bonds is 3. The number of aromatic amines is 1. The molecule has 124 valence electrons. The van der Waals surface area contributed by atoms with Gasteiger partial charge in [0.2, 0.25) is 5.82 Å². The number of hydrogen-bond donors (Lipinski definition) is 1. The van der Waals surface area contributed by atoms with E-state index in [1.54, 1.807) is 18.2 Å². The topological polar surface area (TPSA) is 89.4 Å². The van der Waals surface area contributed by atoms with Crippen molar-refractivity contribution in [2.75, 3.05) is 0 Å². The molecule has 0 aliphatic carbocycles. The summed E-state index contributed by atoms with van der Waals surface area (Å²) in [7, 11) is 0. The zero-order valence-electron chi connectivity index (χ0n) is 13.3. The maximum absolute atomic E-state index is 12.2. The standard InChI is InChI=1S/C17H13ClN6O/c1-10-2-4-11(5-3-10)16-21-23-24(22-16)9-15-19-14-8-12(18)6-7-13(14)17(25)20-15/h2-8H,9H2,1H3,(H,19,20,25). The van der Waals surface area contributed by atoms with Gasteiger partial charge in [-0.1, -0.05) is 41.4 Å². The van der Waals surface area contributed by atoms with Crippen molar-refractivity contribution < 1.29 is 0 Å². The molecule has 2 aromatic carbocycles. The summed E-state index contributed by atoms with van der Waals surface area (Å²) >= 11 is 5.97. The Hall–Kier alpha value is -3.06. The first-order chi connectivity index (χ1) is 12.1. The maximum Gasteiger partial charge on any atom is 0.258 e. The molecule has 0 amide bonds. The van der Waals surface area contributed by atoms with E-state index in [1.165, 1.54) is 4.80 Å².